The second-order valence-corrected chi connectivity index (χ2v) is 6.68. The standard InChI is InChI=1S/C18H20BrNO/c1-2-17-5-3-4-10-20(17)18(21)15-7-6-14-12-16(19)9-8-13(14)11-15/h6-9,11-12,17H,2-5,10H2,1H3. The van der Waals surface area contributed by atoms with E-state index in [0.29, 0.717) is 6.04 Å². The van der Waals surface area contributed by atoms with Crippen LogP contribution in [0.4, 0.5) is 0 Å². The minimum absolute atomic E-state index is 0.186. The fourth-order valence-corrected chi connectivity index (χ4v) is 3.59. The van der Waals surface area contributed by atoms with E-state index in [9.17, 15) is 4.79 Å². The van der Waals surface area contributed by atoms with Crippen molar-refractivity contribution >= 4 is 32.6 Å². The number of rotatable bonds is 2. The third kappa shape index (κ3) is 2.98. The highest BCUT2D eigenvalue weighted by Gasteiger charge is 2.26. The predicted molar refractivity (Wildman–Crippen MR) is 90.6 cm³/mol. The van der Waals surface area contributed by atoms with Gasteiger partial charge in [-0.05, 0) is 60.7 Å². The molecule has 1 saturated heterocycles. The lowest BCUT2D eigenvalue weighted by Crippen LogP contribution is -2.43. The third-order valence-corrected chi connectivity index (χ3v) is 4.90. The highest BCUT2D eigenvalue weighted by Crippen LogP contribution is 2.25. The molecule has 2 aromatic carbocycles. The fraction of sp³-hybridized carbons (Fsp3) is 0.389. The zero-order chi connectivity index (χ0) is 14.8. The number of fused-ring (bicyclic) bond motifs is 1. The summed E-state index contributed by atoms with van der Waals surface area (Å²) in [5.74, 6) is 0.186. The fourth-order valence-electron chi connectivity index (χ4n) is 3.21. The molecule has 0 N–H and O–H groups in total. The molecule has 2 aromatic rings. The van der Waals surface area contributed by atoms with Gasteiger partial charge in [-0.15, -0.1) is 0 Å². The number of hydrogen-bond donors (Lipinski definition) is 0. The summed E-state index contributed by atoms with van der Waals surface area (Å²) in [6, 6.07) is 12.6. The molecule has 1 fully saturated rings. The van der Waals surface area contributed by atoms with Gasteiger partial charge in [-0.1, -0.05) is 35.0 Å². The van der Waals surface area contributed by atoms with Gasteiger partial charge < -0.3 is 4.90 Å². The number of likely N-dealkylation sites (tertiary alicyclic amines) is 1. The Morgan fingerprint density at radius 1 is 1.19 bits per heavy atom. The van der Waals surface area contributed by atoms with Crippen LogP contribution in [-0.4, -0.2) is 23.4 Å². The minimum atomic E-state index is 0.186. The van der Waals surface area contributed by atoms with Gasteiger partial charge in [-0.3, -0.25) is 4.79 Å². The number of nitrogens with zero attached hydrogens (tertiary/aromatic N) is 1. The molecule has 1 atom stereocenters. The molecule has 1 unspecified atom stereocenters. The Morgan fingerprint density at radius 2 is 1.95 bits per heavy atom. The first-order valence-electron chi connectivity index (χ1n) is 7.69. The van der Waals surface area contributed by atoms with Crippen molar-refractivity contribution in [2.45, 2.75) is 38.6 Å². The van der Waals surface area contributed by atoms with Gasteiger partial charge in [0.25, 0.3) is 5.91 Å². The summed E-state index contributed by atoms with van der Waals surface area (Å²) in [5, 5.41) is 2.28. The molecule has 1 aliphatic heterocycles. The maximum atomic E-state index is 12.8. The highest BCUT2D eigenvalue weighted by molar-refractivity contribution is 9.10. The van der Waals surface area contributed by atoms with Gasteiger partial charge in [0.15, 0.2) is 0 Å². The van der Waals surface area contributed by atoms with Crippen molar-refractivity contribution in [3.05, 3.63) is 46.4 Å². The molecule has 2 nitrogen and oxygen atoms in total. The van der Waals surface area contributed by atoms with E-state index in [-0.39, 0.29) is 5.91 Å². The maximum Gasteiger partial charge on any atom is 0.254 e. The number of piperidine rings is 1. The number of hydrogen-bond acceptors (Lipinski definition) is 1. The van der Waals surface area contributed by atoms with Crippen molar-refractivity contribution in [2.24, 2.45) is 0 Å². The van der Waals surface area contributed by atoms with Crippen molar-refractivity contribution in [2.75, 3.05) is 6.54 Å². The topological polar surface area (TPSA) is 20.3 Å². The molecule has 3 rings (SSSR count). The Hall–Kier alpha value is -1.35. The summed E-state index contributed by atoms with van der Waals surface area (Å²) in [6.45, 7) is 3.07. The number of amides is 1. The quantitative estimate of drug-likeness (QED) is 0.749. The number of halogens is 1. The first-order valence-corrected chi connectivity index (χ1v) is 8.48. The van der Waals surface area contributed by atoms with Crippen LogP contribution in [0.3, 0.4) is 0 Å². The molecule has 1 amide bonds. The lowest BCUT2D eigenvalue weighted by atomic mass is 9.98. The van der Waals surface area contributed by atoms with E-state index in [1.165, 1.54) is 6.42 Å². The van der Waals surface area contributed by atoms with Crippen LogP contribution in [0.1, 0.15) is 43.0 Å². The first kappa shape index (κ1) is 14.6. The van der Waals surface area contributed by atoms with E-state index in [0.717, 1.165) is 46.6 Å². The van der Waals surface area contributed by atoms with Crippen LogP contribution in [0, 0.1) is 0 Å². The lowest BCUT2D eigenvalue weighted by Gasteiger charge is -2.35. The van der Waals surface area contributed by atoms with E-state index in [2.05, 4.69) is 39.9 Å². The molecule has 110 valence electrons. The van der Waals surface area contributed by atoms with Gasteiger partial charge in [-0.2, -0.15) is 0 Å². The maximum absolute atomic E-state index is 12.8. The van der Waals surface area contributed by atoms with E-state index >= 15 is 0 Å². The molecule has 0 saturated carbocycles. The van der Waals surface area contributed by atoms with Crippen LogP contribution >= 0.6 is 15.9 Å². The van der Waals surface area contributed by atoms with Gasteiger partial charge >= 0.3 is 0 Å². The summed E-state index contributed by atoms with van der Waals surface area (Å²) in [5.41, 5.74) is 0.810. The second kappa shape index (κ2) is 6.18. The molecule has 0 aromatic heterocycles. The van der Waals surface area contributed by atoms with Gasteiger partial charge in [0, 0.05) is 22.6 Å². The molecule has 3 heteroatoms. The Labute approximate surface area is 134 Å². The van der Waals surface area contributed by atoms with Crippen LogP contribution < -0.4 is 0 Å². The monoisotopic (exact) mass is 345 g/mol. The summed E-state index contributed by atoms with van der Waals surface area (Å²) < 4.78 is 1.07. The van der Waals surface area contributed by atoms with Crippen molar-refractivity contribution < 1.29 is 4.79 Å². The van der Waals surface area contributed by atoms with Gasteiger partial charge in [0.05, 0.1) is 0 Å². The number of carbonyl (C=O) groups excluding carboxylic acids is 1. The lowest BCUT2D eigenvalue weighted by molar-refractivity contribution is 0.0608. The van der Waals surface area contributed by atoms with Crippen molar-refractivity contribution in [3.8, 4) is 0 Å². The van der Waals surface area contributed by atoms with Gasteiger partial charge in [-0.25, -0.2) is 0 Å². The molecule has 1 aliphatic rings. The molecule has 0 aliphatic carbocycles. The van der Waals surface area contributed by atoms with E-state index in [1.807, 2.05) is 24.3 Å². The van der Waals surface area contributed by atoms with Crippen molar-refractivity contribution in [1.29, 1.82) is 0 Å². The minimum Gasteiger partial charge on any atom is -0.336 e. The molecule has 0 radical (unpaired) electrons. The molecule has 1 heterocycles. The van der Waals surface area contributed by atoms with E-state index in [1.54, 1.807) is 0 Å². The van der Waals surface area contributed by atoms with Crippen molar-refractivity contribution in [3.63, 3.8) is 0 Å². The SMILES string of the molecule is CCC1CCCCN1C(=O)c1ccc2cc(Br)ccc2c1. The van der Waals surface area contributed by atoms with E-state index < -0.39 is 0 Å². The Bertz CT molecular complexity index is 667. The van der Waals surface area contributed by atoms with Crippen LogP contribution in [0.25, 0.3) is 10.8 Å². The average molecular weight is 346 g/mol. The van der Waals surface area contributed by atoms with Gasteiger partial charge in [0.2, 0.25) is 0 Å². The zero-order valence-electron chi connectivity index (χ0n) is 12.3. The smallest absolute Gasteiger partial charge is 0.254 e. The van der Waals surface area contributed by atoms with Crippen LogP contribution in [-0.2, 0) is 0 Å². The summed E-state index contributed by atoms with van der Waals surface area (Å²) in [6.07, 6.45) is 4.56. The van der Waals surface area contributed by atoms with Crippen LogP contribution in [0.5, 0.6) is 0 Å². The zero-order valence-corrected chi connectivity index (χ0v) is 13.9. The normalized spacial score (nSPS) is 19.0. The average Bonchev–Trinajstić information content (AvgIpc) is 2.53. The van der Waals surface area contributed by atoms with Crippen molar-refractivity contribution in [1.82, 2.24) is 4.90 Å². The van der Waals surface area contributed by atoms with Gasteiger partial charge in [0.1, 0.15) is 0 Å². The molecule has 0 bridgehead atoms. The predicted octanol–water partition coefficient (Wildman–Crippen LogP) is 5.01. The molecule has 0 spiro atoms. The Kier molecular flexibility index (Phi) is 4.29. The summed E-state index contributed by atoms with van der Waals surface area (Å²) in [4.78, 5) is 14.9. The summed E-state index contributed by atoms with van der Waals surface area (Å²) in [7, 11) is 0. The molecule has 21 heavy (non-hydrogen) atoms. The molecular formula is C18H20BrNO. The second-order valence-electron chi connectivity index (χ2n) is 5.76. The Balaban J connectivity index is 1.91. The van der Waals surface area contributed by atoms with Crippen LogP contribution in [0.15, 0.2) is 40.9 Å². The van der Waals surface area contributed by atoms with E-state index in [4.69, 9.17) is 0 Å². The summed E-state index contributed by atoms with van der Waals surface area (Å²) >= 11 is 3.48. The first-order chi connectivity index (χ1) is 10.2. The molecular weight excluding hydrogens is 326 g/mol. The van der Waals surface area contributed by atoms with Crippen LogP contribution in [0.2, 0.25) is 0 Å². The Morgan fingerprint density at radius 3 is 2.76 bits per heavy atom. The largest absolute Gasteiger partial charge is 0.336 e. The highest BCUT2D eigenvalue weighted by atomic mass is 79.9. The number of benzene rings is 2. The third-order valence-electron chi connectivity index (χ3n) is 4.41. The number of carbonyl (C=O) groups is 1.